The van der Waals surface area contributed by atoms with E-state index in [1.54, 1.807) is 0 Å². The summed E-state index contributed by atoms with van der Waals surface area (Å²) in [7, 11) is 0. The lowest BCUT2D eigenvalue weighted by Crippen LogP contribution is -2.25. The van der Waals surface area contributed by atoms with Crippen LogP contribution in [0.15, 0.2) is 0 Å². The van der Waals surface area contributed by atoms with Crippen molar-refractivity contribution in [3.8, 4) is 0 Å². The Morgan fingerprint density at radius 2 is 1.55 bits per heavy atom. The molecule has 0 aliphatic rings. The minimum Gasteiger partial charge on any atom is -0.328 e. The summed E-state index contributed by atoms with van der Waals surface area (Å²) in [5.74, 6) is 0.707. The molecule has 0 spiro atoms. The first-order valence-electron chi connectivity index (χ1n) is 4.53. The van der Waals surface area contributed by atoms with Crippen molar-refractivity contribution in [2.45, 2.75) is 52.1 Å². The van der Waals surface area contributed by atoms with Crippen molar-refractivity contribution >= 4 is 0 Å². The van der Waals surface area contributed by atoms with E-state index in [-0.39, 0.29) is 0 Å². The maximum atomic E-state index is 5.87. The predicted octanol–water partition coefficient (Wildman–Crippen LogP) is 1.49. The average molecular weight is 158 g/mol. The lowest BCUT2D eigenvalue weighted by atomic mass is 9.99. The third-order valence-electron chi connectivity index (χ3n) is 1.77. The summed E-state index contributed by atoms with van der Waals surface area (Å²) in [6.07, 6.45) is 3.23. The maximum Gasteiger partial charge on any atom is 0.00418 e. The van der Waals surface area contributed by atoms with Crippen molar-refractivity contribution in [2.75, 3.05) is 0 Å². The van der Waals surface area contributed by atoms with Crippen molar-refractivity contribution in [3.63, 3.8) is 0 Å². The highest BCUT2D eigenvalue weighted by Crippen LogP contribution is 2.07. The van der Waals surface area contributed by atoms with E-state index in [0.29, 0.717) is 18.0 Å². The molecule has 0 aliphatic heterocycles. The number of hydrogen-bond acceptors (Lipinski definition) is 2. The molecule has 2 nitrogen and oxygen atoms in total. The molecule has 0 heterocycles. The molecule has 0 rings (SSSR count). The van der Waals surface area contributed by atoms with Gasteiger partial charge < -0.3 is 11.5 Å². The molecule has 2 atom stereocenters. The fourth-order valence-electron chi connectivity index (χ4n) is 1.20. The van der Waals surface area contributed by atoms with Gasteiger partial charge in [-0.25, -0.2) is 0 Å². The smallest absolute Gasteiger partial charge is 0.00418 e. The molecule has 0 aromatic heterocycles. The van der Waals surface area contributed by atoms with Crippen LogP contribution in [-0.2, 0) is 0 Å². The van der Waals surface area contributed by atoms with Crippen LogP contribution in [0.2, 0.25) is 0 Å². The predicted molar refractivity (Wildman–Crippen MR) is 50.3 cm³/mol. The second-order valence-electron chi connectivity index (χ2n) is 3.94. The summed E-state index contributed by atoms with van der Waals surface area (Å²) < 4.78 is 0. The summed E-state index contributed by atoms with van der Waals surface area (Å²) in [5.41, 5.74) is 11.5. The molecule has 0 aliphatic carbocycles. The van der Waals surface area contributed by atoms with Crippen LogP contribution >= 0.6 is 0 Å². The standard InChI is InChI=1S/C9H22N2/c1-7(2)6-9(11)5-4-8(3)10/h7-9H,4-6,10-11H2,1-3H3. The van der Waals surface area contributed by atoms with Crippen LogP contribution in [0.1, 0.15) is 40.0 Å². The maximum absolute atomic E-state index is 5.87. The van der Waals surface area contributed by atoms with E-state index in [0.717, 1.165) is 19.3 Å². The van der Waals surface area contributed by atoms with E-state index in [9.17, 15) is 0 Å². The van der Waals surface area contributed by atoms with Gasteiger partial charge in [0.1, 0.15) is 0 Å². The quantitative estimate of drug-likeness (QED) is 0.637. The minimum atomic E-state index is 0.299. The Labute approximate surface area is 70.3 Å². The minimum absolute atomic E-state index is 0.299. The first-order valence-corrected chi connectivity index (χ1v) is 4.53. The normalized spacial score (nSPS) is 16.9. The molecule has 11 heavy (non-hydrogen) atoms. The van der Waals surface area contributed by atoms with Crippen molar-refractivity contribution < 1.29 is 0 Å². The van der Waals surface area contributed by atoms with Crippen molar-refractivity contribution in [1.82, 2.24) is 0 Å². The molecule has 0 amide bonds. The highest BCUT2D eigenvalue weighted by atomic mass is 14.6. The first-order chi connectivity index (χ1) is 5.02. The molecule has 4 N–H and O–H groups in total. The van der Waals surface area contributed by atoms with E-state index < -0.39 is 0 Å². The molecule has 0 saturated carbocycles. The van der Waals surface area contributed by atoms with E-state index in [1.807, 2.05) is 6.92 Å². The Kier molecular flexibility index (Phi) is 5.51. The molecule has 2 unspecified atom stereocenters. The summed E-state index contributed by atoms with van der Waals surface area (Å²) in [4.78, 5) is 0. The molecular formula is C9H22N2. The van der Waals surface area contributed by atoms with Gasteiger partial charge in [-0.3, -0.25) is 0 Å². The van der Waals surface area contributed by atoms with Gasteiger partial charge in [0.2, 0.25) is 0 Å². The fraction of sp³-hybridized carbons (Fsp3) is 1.00. The zero-order chi connectivity index (χ0) is 8.85. The van der Waals surface area contributed by atoms with Gasteiger partial charge in [0.25, 0.3) is 0 Å². The van der Waals surface area contributed by atoms with Crippen LogP contribution in [0.4, 0.5) is 0 Å². The van der Waals surface area contributed by atoms with Crippen LogP contribution in [0.25, 0.3) is 0 Å². The molecule has 0 bridgehead atoms. The van der Waals surface area contributed by atoms with Gasteiger partial charge >= 0.3 is 0 Å². The largest absolute Gasteiger partial charge is 0.328 e. The topological polar surface area (TPSA) is 52.0 Å². The van der Waals surface area contributed by atoms with Gasteiger partial charge in [0, 0.05) is 12.1 Å². The summed E-state index contributed by atoms with van der Waals surface area (Å²) >= 11 is 0. The average Bonchev–Trinajstić information content (AvgIpc) is 1.82. The molecule has 68 valence electrons. The summed E-state index contributed by atoms with van der Waals surface area (Å²) in [6.45, 7) is 6.43. The second-order valence-corrected chi connectivity index (χ2v) is 3.94. The Morgan fingerprint density at radius 3 is 1.91 bits per heavy atom. The highest BCUT2D eigenvalue weighted by Gasteiger charge is 2.05. The zero-order valence-corrected chi connectivity index (χ0v) is 8.01. The van der Waals surface area contributed by atoms with Gasteiger partial charge in [-0.05, 0) is 32.1 Å². The van der Waals surface area contributed by atoms with E-state index in [2.05, 4.69) is 13.8 Å². The molecule has 2 heteroatoms. The second kappa shape index (κ2) is 5.56. The highest BCUT2D eigenvalue weighted by molar-refractivity contribution is 4.66. The SMILES string of the molecule is CC(C)CC(N)CCC(C)N. The molecule has 0 aromatic carbocycles. The van der Waals surface area contributed by atoms with E-state index in [1.165, 1.54) is 0 Å². The van der Waals surface area contributed by atoms with Crippen LogP contribution in [0, 0.1) is 5.92 Å². The molecule has 0 saturated heterocycles. The summed E-state index contributed by atoms with van der Waals surface area (Å²) in [6, 6.07) is 0.647. The lowest BCUT2D eigenvalue weighted by Gasteiger charge is -2.14. The van der Waals surface area contributed by atoms with Crippen LogP contribution in [0.5, 0.6) is 0 Å². The Morgan fingerprint density at radius 1 is 1.00 bits per heavy atom. The van der Waals surface area contributed by atoms with Crippen LogP contribution < -0.4 is 11.5 Å². The van der Waals surface area contributed by atoms with E-state index >= 15 is 0 Å². The van der Waals surface area contributed by atoms with Gasteiger partial charge in [0.05, 0.1) is 0 Å². The fourth-order valence-corrected chi connectivity index (χ4v) is 1.20. The molecule has 0 radical (unpaired) electrons. The Bertz CT molecular complexity index is 89.6. The first kappa shape index (κ1) is 10.9. The number of nitrogens with two attached hydrogens (primary N) is 2. The van der Waals surface area contributed by atoms with Crippen molar-refractivity contribution in [3.05, 3.63) is 0 Å². The van der Waals surface area contributed by atoms with E-state index in [4.69, 9.17) is 11.5 Å². The number of rotatable bonds is 5. The van der Waals surface area contributed by atoms with Crippen molar-refractivity contribution in [1.29, 1.82) is 0 Å². The Hall–Kier alpha value is -0.0800. The third kappa shape index (κ3) is 7.82. The lowest BCUT2D eigenvalue weighted by molar-refractivity contribution is 0.449. The summed E-state index contributed by atoms with van der Waals surface area (Å²) in [5, 5.41) is 0. The van der Waals surface area contributed by atoms with Gasteiger partial charge in [0.15, 0.2) is 0 Å². The molecular weight excluding hydrogens is 136 g/mol. The van der Waals surface area contributed by atoms with Crippen LogP contribution in [-0.4, -0.2) is 12.1 Å². The monoisotopic (exact) mass is 158 g/mol. The third-order valence-corrected chi connectivity index (χ3v) is 1.77. The number of hydrogen-bond donors (Lipinski definition) is 2. The van der Waals surface area contributed by atoms with Gasteiger partial charge in [-0.2, -0.15) is 0 Å². The molecule has 0 aromatic rings. The van der Waals surface area contributed by atoms with Gasteiger partial charge in [-0.1, -0.05) is 13.8 Å². The van der Waals surface area contributed by atoms with Crippen LogP contribution in [0.3, 0.4) is 0 Å². The zero-order valence-electron chi connectivity index (χ0n) is 8.01. The Balaban J connectivity index is 3.29. The van der Waals surface area contributed by atoms with Gasteiger partial charge in [-0.15, -0.1) is 0 Å². The molecule has 0 fully saturated rings. The van der Waals surface area contributed by atoms with Crippen molar-refractivity contribution in [2.24, 2.45) is 17.4 Å².